The smallest absolute Gasteiger partial charge is 0.140 e. The largest absolute Gasteiger partial charge is 0.493 e. The monoisotopic (exact) mass is 334 g/mol. The van der Waals surface area contributed by atoms with Crippen LogP contribution in [0.15, 0.2) is 24.3 Å². The van der Waals surface area contributed by atoms with Gasteiger partial charge in [-0.05, 0) is 24.3 Å². The van der Waals surface area contributed by atoms with Crippen LogP contribution in [0.3, 0.4) is 0 Å². The van der Waals surface area contributed by atoms with Gasteiger partial charge >= 0.3 is 0 Å². The molecule has 0 amide bonds. The van der Waals surface area contributed by atoms with Crippen LogP contribution >= 0.6 is 12.4 Å². The van der Waals surface area contributed by atoms with Gasteiger partial charge in [-0.15, -0.1) is 12.4 Å². The van der Waals surface area contributed by atoms with Crippen LogP contribution in [0.25, 0.3) is 0 Å². The van der Waals surface area contributed by atoms with Gasteiger partial charge < -0.3 is 15.0 Å². The standard InChI is InChI=1S/C14H22N2O3S.ClH/c1-12(11-20(17)18)10-19-14-4-2-13(3-5-14)16-8-6-15-7-9-16;/h2-5,12,15,20H,6-11H2,1H3;1H. The van der Waals surface area contributed by atoms with Gasteiger partial charge in [0.05, 0.1) is 12.4 Å². The fraction of sp³-hybridized carbons (Fsp3) is 0.571. The minimum absolute atomic E-state index is 0. The Morgan fingerprint density at radius 3 is 2.43 bits per heavy atom. The Kier molecular flexibility index (Phi) is 7.85. The van der Waals surface area contributed by atoms with E-state index in [9.17, 15) is 8.42 Å². The molecule has 0 bridgehead atoms. The molecule has 5 nitrogen and oxygen atoms in total. The van der Waals surface area contributed by atoms with Gasteiger partial charge in [0, 0.05) is 37.8 Å². The van der Waals surface area contributed by atoms with Gasteiger partial charge in [-0.3, -0.25) is 0 Å². The molecule has 2 rings (SSSR count). The van der Waals surface area contributed by atoms with Crippen molar-refractivity contribution in [3.05, 3.63) is 24.3 Å². The van der Waals surface area contributed by atoms with E-state index >= 15 is 0 Å². The molecule has 0 aromatic heterocycles. The molecular weight excluding hydrogens is 312 g/mol. The van der Waals surface area contributed by atoms with Crippen molar-refractivity contribution in [2.45, 2.75) is 6.92 Å². The van der Waals surface area contributed by atoms with Crippen LogP contribution in [-0.4, -0.2) is 47.0 Å². The van der Waals surface area contributed by atoms with Crippen LogP contribution < -0.4 is 15.0 Å². The number of nitrogens with one attached hydrogen (secondary N) is 1. The third-order valence-electron chi connectivity index (χ3n) is 3.31. The molecule has 1 aromatic rings. The van der Waals surface area contributed by atoms with Crippen LogP contribution in [0.5, 0.6) is 5.75 Å². The maximum Gasteiger partial charge on any atom is 0.140 e. The van der Waals surface area contributed by atoms with Crippen molar-refractivity contribution in [3.63, 3.8) is 0 Å². The Labute approximate surface area is 134 Å². The molecule has 1 unspecified atom stereocenters. The highest BCUT2D eigenvalue weighted by molar-refractivity contribution is 7.72. The zero-order valence-corrected chi connectivity index (χ0v) is 13.9. The number of benzene rings is 1. The number of piperazine rings is 1. The minimum Gasteiger partial charge on any atom is -0.493 e. The molecule has 0 aliphatic carbocycles. The quantitative estimate of drug-likeness (QED) is 0.764. The van der Waals surface area contributed by atoms with Crippen molar-refractivity contribution in [1.29, 1.82) is 0 Å². The van der Waals surface area contributed by atoms with E-state index in [0.717, 1.165) is 31.9 Å². The van der Waals surface area contributed by atoms with Crippen molar-refractivity contribution in [1.82, 2.24) is 5.32 Å². The van der Waals surface area contributed by atoms with E-state index in [-0.39, 0.29) is 24.1 Å². The first-order valence-corrected chi connectivity index (χ1v) is 8.32. The molecule has 0 radical (unpaired) electrons. The van der Waals surface area contributed by atoms with Crippen LogP contribution in [0.4, 0.5) is 5.69 Å². The normalized spacial score (nSPS) is 16.4. The highest BCUT2D eigenvalue weighted by Crippen LogP contribution is 2.20. The highest BCUT2D eigenvalue weighted by atomic mass is 35.5. The Morgan fingerprint density at radius 2 is 1.86 bits per heavy atom. The maximum absolute atomic E-state index is 10.6. The molecule has 0 saturated carbocycles. The molecule has 21 heavy (non-hydrogen) atoms. The molecule has 1 saturated heterocycles. The number of hydrogen-bond donors (Lipinski definition) is 2. The zero-order valence-electron chi connectivity index (χ0n) is 12.2. The van der Waals surface area contributed by atoms with E-state index < -0.39 is 10.7 Å². The summed E-state index contributed by atoms with van der Waals surface area (Å²) in [6.07, 6.45) is 0. The van der Waals surface area contributed by atoms with Gasteiger partial charge in [-0.25, -0.2) is 8.42 Å². The molecule has 1 heterocycles. The Bertz CT molecular complexity index is 479. The third-order valence-corrected chi connectivity index (χ3v) is 4.24. The van der Waals surface area contributed by atoms with E-state index in [0.29, 0.717) is 6.61 Å². The van der Waals surface area contributed by atoms with Crippen molar-refractivity contribution in [2.24, 2.45) is 5.92 Å². The Balaban J connectivity index is 0.00000220. The summed E-state index contributed by atoms with van der Waals surface area (Å²) in [5.74, 6) is 0.981. The van der Waals surface area contributed by atoms with E-state index in [4.69, 9.17) is 4.74 Å². The summed E-state index contributed by atoms with van der Waals surface area (Å²) in [4.78, 5) is 2.34. The summed E-state index contributed by atoms with van der Waals surface area (Å²) < 4.78 is 26.8. The molecule has 1 aliphatic rings. The van der Waals surface area contributed by atoms with E-state index in [1.807, 2.05) is 19.1 Å². The second-order valence-corrected chi connectivity index (χ2v) is 6.19. The van der Waals surface area contributed by atoms with Gasteiger partial charge in [0.25, 0.3) is 0 Å². The lowest BCUT2D eigenvalue weighted by atomic mass is 10.2. The van der Waals surface area contributed by atoms with Gasteiger partial charge in [0.1, 0.15) is 16.5 Å². The van der Waals surface area contributed by atoms with Crippen LogP contribution in [0.2, 0.25) is 0 Å². The molecule has 1 aliphatic heterocycles. The summed E-state index contributed by atoms with van der Waals surface area (Å²) in [5.41, 5.74) is 1.20. The summed E-state index contributed by atoms with van der Waals surface area (Å²) >= 11 is 0. The fourth-order valence-electron chi connectivity index (χ4n) is 2.22. The van der Waals surface area contributed by atoms with E-state index in [1.165, 1.54) is 5.69 Å². The topological polar surface area (TPSA) is 58.6 Å². The van der Waals surface area contributed by atoms with Gasteiger partial charge in [-0.2, -0.15) is 0 Å². The summed E-state index contributed by atoms with van der Waals surface area (Å²) in [5, 5.41) is 3.33. The summed E-state index contributed by atoms with van der Waals surface area (Å²) in [7, 11) is -2.33. The second kappa shape index (κ2) is 9.12. The molecule has 120 valence electrons. The maximum atomic E-state index is 10.6. The SMILES string of the molecule is CC(COc1ccc(N2CCNCC2)cc1)C[SH](=O)=O.Cl. The Morgan fingerprint density at radius 1 is 1.24 bits per heavy atom. The molecule has 1 fully saturated rings. The van der Waals surface area contributed by atoms with Crippen molar-refractivity contribution < 1.29 is 13.2 Å². The molecule has 7 heteroatoms. The van der Waals surface area contributed by atoms with E-state index in [1.54, 1.807) is 0 Å². The predicted octanol–water partition coefficient (Wildman–Crippen LogP) is 1.14. The van der Waals surface area contributed by atoms with Gasteiger partial charge in [0.2, 0.25) is 0 Å². The number of hydrogen-bond acceptors (Lipinski definition) is 5. The average Bonchev–Trinajstić information content (AvgIpc) is 2.46. The minimum atomic E-state index is -2.33. The third kappa shape index (κ3) is 6.11. The average molecular weight is 335 g/mol. The lowest BCUT2D eigenvalue weighted by molar-refractivity contribution is 0.272. The first-order chi connectivity index (χ1) is 9.65. The summed E-state index contributed by atoms with van der Waals surface area (Å²) in [6.45, 7) is 6.38. The zero-order chi connectivity index (χ0) is 14.4. The number of rotatable bonds is 6. The molecule has 0 spiro atoms. The molecule has 1 atom stereocenters. The molecular formula is C14H23ClN2O3S. The first kappa shape index (κ1) is 18.1. The van der Waals surface area contributed by atoms with Gasteiger partial charge in [-0.1, -0.05) is 6.92 Å². The second-order valence-electron chi connectivity index (χ2n) is 5.16. The lowest BCUT2D eigenvalue weighted by Gasteiger charge is -2.29. The first-order valence-electron chi connectivity index (χ1n) is 6.95. The van der Waals surface area contributed by atoms with E-state index in [2.05, 4.69) is 22.3 Å². The number of thiol groups is 1. The van der Waals surface area contributed by atoms with Crippen LogP contribution in [-0.2, 0) is 10.7 Å². The summed E-state index contributed by atoms with van der Waals surface area (Å²) in [6, 6.07) is 8.00. The van der Waals surface area contributed by atoms with Crippen LogP contribution in [0.1, 0.15) is 6.92 Å². The fourth-order valence-corrected chi connectivity index (χ4v) is 2.84. The number of halogens is 1. The number of anilines is 1. The van der Waals surface area contributed by atoms with Crippen molar-refractivity contribution in [3.8, 4) is 5.75 Å². The number of ether oxygens (including phenoxy) is 1. The van der Waals surface area contributed by atoms with Crippen molar-refractivity contribution in [2.75, 3.05) is 43.4 Å². The van der Waals surface area contributed by atoms with Gasteiger partial charge in [0.15, 0.2) is 0 Å². The lowest BCUT2D eigenvalue weighted by Crippen LogP contribution is -2.43. The molecule has 1 aromatic carbocycles. The van der Waals surface area contributed by atoms with Crippen molar-refractivity contribution >= 4 is 28.8 Å². The Hall–Kier alpha value is -0.980. The highest BCUT2D eigenvalue weighted by Gasteiger charge is 2.10. The van der Waals surface area contributed by atoms with Crippen LogP contribution in [0, 0.1) is 5.92 Å². The molecule has 1 N–H and O–H groups in total. The number of nitrogens with zero attached hydrogens (tertiary/aromatic N) is 1. The predicted molar refractivity (Wildman–Crippen MR) is 88.6 cm³/mol.